The fraction of sp³-hybridized carbons (Fsp3) is 0.150. The first-order chi connectivity index (χ1) is 12.4. The molecule has 3 aromatic rings. The number of pyridine rings is 1. The minimum atomic E-state index is -4.76. The van der Waals surface area contributed by atoms with Crippen LogP contribution in [-0.2, 0) is 6.61 Å². The van der Waals surface area contributed by atoms with Crippen molar-refractivity contribution in [3.8, 4) is 17.0 Å². The average Bonchev–Trinajstić information content (AvgIpc) is 2.66. The van der Waals surface area contributed by atoms with Crippen LogP contribution in [0.1, 0.15) is 17.4 Å². The van der Waals surface area contributed by atoms with E-state index in [9.17, 15) is 18.3 Å². The zero-order valence-electron chi connectivity index (χ0n) is 13.6. The van der Waals surface area contributed by atoms with Crippen molar-refractivity contribution in [1.82, 2.24) is 4.98 Å². The van der Waals surface area contributed by atoms with Crippen molar-refractivity contribution in [2.24, 2.45) is 0 Å². The van der Waals surface area contributed by atoms with E-state index in [2.05, 4.69) is 4.98 Å². The van der Waals surface area contributed by atoms with Gasteiger partial charge in [-0.05, 0) is 29.8 Å². The average molecular weight is 359 g/mol. The van der Waals surface area contributed by atoms with Gasteiger partial charge in [0.25, 0.3) is 0 Å². The first-order valence-corrected chi connectivity index (χ1v) is 7.92. The number of aliphatic hydroxyl groups is 1. The van der Waals surface area contributed by atoms with Crippen LogP contribution in [0.5, 0.6) is 5.75 Å². The molecule has 0 aliphatic heterocycles. The lowest BCUT2D eigenvalue weighted by atomic mass is 10.1. The number of benzene rings is 2. The molecule has 0 fully saturated rings. The molecule has 1 unspecified atom stereocenters. The predicted molar refractivity (Wildman–Crippen MR) is 91.5 cm³/mol. The maximum atomic E-state index is 12.7. The maximum Gasteiger partial charge on any atom is 0.420 e. The van der Waals surface area contributed by atoms with Crippen LogP contribution in [0, 0.1) is 0 Å². The number of rotatable bonds is 5. The first-order valence-electron chi connectivity index (χ1n) is 7.92. The van der Waals surface area contributed by atoms with Crippen LogP contribution in [0.2, 0.25) is 0 Å². The van der Waals surface area contributed by atoms with E-state index in [1.54, 1.807) is 30.3 Å². The van der Waals surface area contributed by atoms with Gasteiger partial charge in [0, 0.05) is 5.56 Å². The van der Waals surface area contributed by atoms with E-state index in [1.165, 1.54) is 6.07 Å². The summed E-state index contributed by atoms with van der Waals surface area (Å²) in [4.78, 5) is 3.94. The minimum Gasteiger partial charge on any atom is -0.489 e. The molecule has 6 heteroatoms. The SMILES string of the molecule is OC(c1cccc(-c2cccc(OCc3ccccc3)c2)n1)C(F)(F)F. The molecule has 1 atom stereocenters. The molecule has 3 nitrogen and oxygen atoms in total. The number of ether oxygens (including phenoxy) is 1. The number of hydrogen-bond acceptors (Lipinski definition) is 3. The molecule has 2 aromatic carbocycles. The fourth-order valence-corrected chi connectivity index (χ4v) is 2.42. The Balaban J connectivity index is 1.80. The monoisotopic (exact) mass is 359 g/mol. The lowest BCUT2D eigenvalue weighted by Gasteiger charge is -2.15. The van der Waals surface area contributed by atoms with Gasteiger partial charge < -0.3 is 9.84 Å². The van der Waals surface area contributed by atoms with Crippen LogP contribution in [-0.4, -0.2) is 16.3 Å². The van der Waals surface area contributed by atoms with Gasteiger partial charge in [0.05, 0.1) is 11.4 Å². The Morgan fingerprint density at radius 3 is 2.38 bits per heavy atom. The Morgan fingerprint density at radius 2 is 1.65 bits per heavy atom. The summed E-state index contributed by atoms with van der Waals surface area (Å²) in [6.07, 6.45) is -7.37. The van der Waals surface area contributed by atoms with Gasteiger partial charge in [0.2, 0.25) is 0 Å². The molecule has 0 aliphatic rings. The number of nitrogens with zero attached hydrogens (tertiary/aromatic N) is 1. The van der Waals surface area contributed by atoms with Crippen molar-refractivity contribution < 1.29 is 23.0 Å². The Morgan fingerprint density at radius 1 is 0.923 bits per heavy atom. The van der Waals surface area contributed by atoms with Crippen molar-refractivity contribution >= 4 is 0 Å². The first kappa shape index (κ1) is 17.9. The fourth-order valence-electron chi connectivity index (χ4n) is 2.42. The molecule has 0 aliphatic carbocycles. The molecule has 0 saturated carbocycles. The second-order valence-corrected chi connectivity index (χ2v) is 5.69. The van der Waals surface area contributed by atoms with E-state index in [-0.39, 0.29) is 0 Å². The molecule has 0 amide bonds. The van der Waals surface area contributed by atoms with Crippen LogP contribution in [0.3, 0.4) is 0 Å². The summed E-state index contributed by atoms with van der Waals surface area (Å²) in [6, 6.07) is 20.7. The molecule has 3 rings (SSSR count). The highest BCUT2D eigenvalue weighted by atomic mass is 19.4. The number of aliphatic hydroxyl groups excluding tert-OH is 1. The number of hydrogen-bond donors (Lipinski definition) is 1. The van der Waals surface area contributed by atoms with E-state index in [0.717, 1.165) is 11.6 Å². The topological polar surface area (TPSA) is 42.4 Å². The van der Waals surface area contributed by atoms with E-state index in [1.807, 2.05) is 30.3 Å². The van der Waals surface area contributed by atoms with Crippen molar-refractivity contribution in [2.75, 3.05) is 0 Å². The largest absolute Gasteiger partial charge is 0.489 e. The van der Waals surface area contributed by atoms with Gasteiger partial charge in [0.15, 0.2) is 6.10 Å². The molecular weight excluding hydrogens is 343 g/mol. The van der Waals surface area contributed by atoms with Gasteiger partial charge in [-0.1, -0.05) is 48.5 Å². The summed E-state index contributed by atoms with van der Waals surface area (Å²) in [5.41, 5.74) is 1.50. The molecule has 26 heavy (non-hydrogen) atoms. The third kappa shape index (κ3) is 4.40. The van der Waals surface area contributed by atoms with Crippen LogP contribution in [0.15, 0.2) is 72.8 Å². The quantitative estimate of drug-likeness (QED) is 0.703. The molecule has 0 bridgehead atoms. The maximum absolute atomic E-state index is 12.7. The van der Waals surface area contributed by atoms with E-state index in [4.69, 9.17) is 4.74 Å². The summed E-state index contributed by atoms with van der Waals surface area (Å²) in [5.74, 6) is 0.579. The van der Waals surface area contributed by atoms with E-state index >= 15 is 0 Å². The number of halogens is 3. The Bertz CT molecular complexity index is 866. The molecule has 1 N–H and O–H groups in total. The summed E-state index contributed by atoms with van der Waals surface area (Å²) in [5, 5.41) is 9.38. The molecule has 1 aromatic heterocycles. The second-order valence-electron chi connectivity index (χ2n) is 5.69. The van der Waals surface area contributed by atoms with Crippen molar-refractivity contribution in [2.45, 2.75) is 18.9 Å². The lowest BCUT2D eigenvalue weighted by Crippen LogP contribution is -2.21. The van der Waals surface area contributed by atoms with Crippen LogP contribution >= 0.6 is 0 Å². The third-order valence-corrected chi connectivity index (χ3v) is 3.74. The zero-order valence-corrected chi connectivity index (χ0v) is 13.6. The highest BCUT2D eigenvalue weighted by Gasteiger charge is 2.40. The zero-order chi connectivity index (χ0) is 18.6. The van der Waals surface area contributed by atoms with E-state index in [0.29, 0.717) is 23.6 Å². The molecule has 0 radical (unpaired) electrons. The standard InChI is InChI=1S/C20H16F3NO2/c21-20(22,23)19(25)18-11-5-10-17(24-18)15-8-4-9-16(12-15)26-13-14-6-2-1-3-7-14/h1-12,19,25H,13H2. The highest BCUT2D eigenvalue weighted by Crippen LogP contribution is 2.32. The van der Waals surface area contributed by atoms with E-state index < -0.39 is 18.0 Å². The van der Waals surface area contributed by atoms with Gasteiger partial charge in [-0.25, -0.2) is 4.98 Å². The third-order valence-electron chi connectivity index (χ3n) is 3.74. The van der Waals surface area contributed by atoms with Crippen LogP contribution < -0.4 is 4.74 Å². The van der Waals surface area contributed by atoms with Gasteiger partial charge in [-0.3, -0.25) is 0 Å². The summed E-state index contributed by atoms with van der Waals surface area (Å²) < 4.78 is 43.8. The van der Waals surface area contributed by atoms with Gasteiger partial charge in [-0.2, -0.15) is 13.2 Å². The molecule has 0 spiro atoms. The lowest BCUT2D eigenvalue weighted by molar-refractivity contribution is -0.207. The molecule has 134 valence electrons. The summed E-state index contributed by atoms with van der Waals surface area (Å²) in [7, 11) is 0. The van der Waals surface area contributed by atoms with Crippen LogP contribution in [0.25, 0.3) is 11.3 Å². The smallest absolute Gasteiger partial charge is 0.420 e. The number of aromatic nitrogens is 1. The van der Waals surface area contributed by atoms with Crippen molar-refractivity contribution in [3.05, 3.63) is 84.1 Å². The Labute approximate surface area is 148 Å². The normalized spacial score (nSPS) is 12.6. The van der Waals surface area contributed by atoms with Crippen molar-refractivity contribution in [1.29, 1.82) is 0 Å². The van der Waals surface area contributed by atoms with Gasteiger partial charge in [0.1, 0.15) is 12.4 Å². The Kier molecular flexibility index (Phi) is 5.23. The Hall–Kier alpha value is -2.86. The summed E-state index contributed by atoms with van der Waals surface area (Å²) >= 11 is 0. The number of alkyl halides is 3. The predicted octanol–water partition coefficient (Wildman–Crippen LogP) is 4.92. The minimum absolute atomic E-state index is 0.330. The second kappa shape index (κ2) is 7.58. The van der Waals surface area contributed by atoms with Crippen LogP contribution in [0.4, 0.5) is 13.2 Å². The van der Waals surface area contributed by atoms with Gasteiger partial charge in [-0.15, -0.1) is 0 Å². The molecule has 1 heterocycles. The van der Waals surface area contributed by atoms with Crippen molar-refractivity contribution in [3.63, 3.8) is 0 Å². The van der Waals surface area contributed by atoms with Gasteiger partial charge >= 0.3 is 6.18 Å². The summed E-state index contributed by atoms with van der Waals surface area (Å²) in [6.45, 7) is 0.380. The highest BCUT2D eigenvalue weighted by molar-refractivity contribution is 5.61. The molecule has 0 saturated heterocycles. The molecular formula is C20H16F3NO2.